The largest absolute Gasteiger partial charge is 0.322 e. The molecule has 0 saturated heterocycles. The summed E-state index contributed by atoms with van der Waals surface area (Å²) in [6, 6.07) is 7.81. The van der Waals surface area contributed by atoms with Crippen LogP contribution in [0.5, 0.6) is 0 Å². The molecule has 0 bridgehead atoms. The first-order valence-electron chi connectivity index (χ1n) is 6.17. The first-order chi connectivity index (χ1) is 8.77. The summed E-state index contributed by atoms with van der Waals surface area (Å²) in [6.07, 6.45) is 6.94. The summed E-state index contributed by atoms with van der Waals surface area (Å²) in [4.78, 5) is 11.7. The van der Waals surface area contributed by atoms with Gasteiger partial charge in [-0.25, -0.2) is 0 Å². The molecule has 0 atom stereocenters. The lowest BCUT2D eigenvalue weighted by molar-refractivity contribution is -0.111. The highest BCUT2D eigenvalue weighted by atomic mass is 16.1. The summed E-state index contributed by atoms with van der Waals surface area (Å²) in [7, 11) is 0. The standard InChI is InChI=1S/C15H20N2O/c1-3-5-6-11-15(18)17-14-10-8-7-9-13(14)12-16-4-2/h3,5-11,16H,4,12H2,1-2H3,(H,17,18)/b5-3+,11-6+. The summed E-state index contributed by atoms with van der Waals surface area (Å²) >= 11 is 0. The SMILES string of the molecule is C/C=C/C=C/C(=O)Nc1ccccc1CNCC. The zero-order valence-corrected chi connectivity index (χ0v) is 10.9. The molecule has 3 nitrogen and oxygen atoms in total. The van der Waals surface area contributed by atoms with Crippen LogP contribution in [-0.4, -0.2) is 12.5 Å². The first kappa shape index (κ1) is 14.2. The van der Waals surface area contributed by atoms with Gasteiger partial charge in [-0.15, -0.1) is 0 Å². The van der Waals surface area contributed by atoms with Gasteiger partial charge in [0.05, 0.1) is 0 Å². The average Bonchev–Trinajstić information content (AvgIpc) is 2.38. The number of nitrogens with one attached hydrogen (secondary N) is 2. The lowest BCUT2D eigenvalue weighted by Crippen LogP contribution is -2.15. The molecule has 0 aliphatic rings. The molecule has 0 aliphatic heterocycles. The van der Waals surface area contributed by atoms with E-state index < -0.39 is 0 Å². The Bertz CT molecular complexity index is 436. The van der Waals surface area contributed by atoms with Gasteiger partial charge in [0.25, 0.3) is 0 Å². The topological polar surface area (TPSA) is 41.1 Å². The second kappa shape index (κ2) is 8.25. The Kier molecular flexibility index (Phi) is 6.51. The third-order valence-corrected chi connectivity index (χ3v) is 2.39. The fourth-order valence-electron chi connectivity index (χ4n) is 1.48. The zero-order valence-electron chi connectivity index (χ0n) is 10.9. The van der Waals surface area contributed by atoms with Crippen molar-refractivity contribution in [2.24, 2.45) is 0 Å². The molecule has 0 aromatic heterocycles. The van der Waals surface area contributed by atoms with E-state index >= 15 is 0 Å². The number of carbonyl (C=O) groups excluding carboxylic acids is 1. The van der Waals surface area contributed by atoms with Crippen LogP contribution in [0, 0.1) is 0 Å². The summed E-state index contributed by atoms with van der Waals surface area (Å²) in [6.45, 7) is 5.63. The number of amides is 1. The fourth-order valence-corrected chi connectivity index (χ4v) is 1.48. The van der Waals surface area contributed by atoms with Gasteiger partial charge in [-0.2, -0.15) is 0 Å². The van der Waals surface area contributed by atoms with Crippen molar-refractivity contribution >= 4 is 11.6 Å². The molecule has 0 unspecified atom stereocenters. The van der Waals surface area contributed by atoms with Gasteiger partial charge < -0.3 is 10.6 Å². The number of para-hydroxylation sites is 1. The molecule has 1 rings (SSSR count). The van der Waals surface area contributed by atoms with Crippen molar-refractivity contribution in [2.45, 2.75) is 20.4 Å². The molecule has 0 fully saturated rings. The average molecular weight is 244 g/mol. The predicted octanol–water partition coefficient (Wildman–Crippen LogP) is 2.87. The summed E-state index contributed by atoms with van der Waals surface area (Å²) in [5, 5.41) is 6.13. The Labute approximate surface area is 109 Å². The van der Waals surface area contributed by atoms with Gasteiger partial charge in [0.1, 0.15) is 0 Å². The maximum Gasteiger partial charge on any atom is 0.248 e. The number of carbonyl (C=O) groups is 1. The number of hydrogen-bond donors (Lipinski definition) is 2. The van der Waals surface area contributed by atoms with Gasteiger partial charge in [-0.05, 0) is 25.1 Å². The predicted molar refractivity (Wildman–Crippen MR) is 76.4 cm³/mol. The van der Waals surface area contributed by atoms with Crippen LogP contribution < -0.4 is 10.6 Å². The molecule has 1 aromatic carbocycles. The number of anilines is 1. The quantitative estimate of drug-likeness (QED) is 0.597. The molecular weight excluding hydrogens is 224 g/mol. The highest BCUT2D eigenvalue weighted by molar-refractivity contribution is 5.99. The molecule has 0 aliphatic carbocycles. The molecular formula is C15H20N2O. The van der Waals surface area contributed by atoms with E-state index in [1.807, 2.05) is 43.3 Å². The van der Waals surface area contributed by atoms with Crippen molar-refractivity contribution in [1.29, 1.82) is 0 Å². The van der Waals surface area contributed by atoms with E-state index in [2.05, 4.69) is 17.6 Å². The van der Waals surface area contributed by atoms with Crippen LogP contribution in [0.25, 0.3) is 0 Å². The lowest BCUT2D eigenvalue weighted by atomic mass is 10.1. The van der Waals surface area contributed by atoms with E-state index in [9.17, 15) is 4.79 Å². The van der Waals surface area contributed by atoms with Crippen LogP contribution in [0.2, 0.25) is 0 Å². The molecule has 0 spiro atoms. The fraction of sp³-hybridized carbons (Fsp3) is 0.267. The maximum absolute atomic E-state index is 11.7. The zero-order chi connectivity index (χ0) is 13.2. The Hall–Kier alpha value is -1.87. The first-order valence-corrected chi connectivity index (χ1v) is 6.17. The molecule has 2 N–H and O–H groups in total. The molecule has 0 heterocycles. The van der Waals surface area contributed by atoms with Crippen molar-refractivity contribution in [2.75, 3.05) is 11.9 Å². The molecule has 1 amide bonds. The number of hydrogen-bond acceptors (Lipinski definition) is 2. The second-order valence-corrected chi connectivity index (χ2v) is 3.81. The summed E-state index contributed by atoms with van der Waals surface area (Å²) in [5.41, 5.74) is 1.95. The van der Waals surface area contributed by atoms with E-state index in [1.165, 1.54) is 6.08 Å². The van der Waals surface area contributed by atoms with E-state index in [0.29, 0.717) is 0 Å². The third kappa shape index (κ3) is 4.97. The Morgan fingerprint density at radius 2 is 2.06 bits per heavy atom. The minimum Gasteiger partial charge on any atom is -0.322 e. The van der Waals surface area contributed by atoms with Crippen molar-refractivity contribution in [3.63, 3.8) is 0 Å². The molecule has 0 radical (unpaired) electrons. The molecule has 1 aromatic rings. The Balaban J connectivity index is 2.68. The van der Waals surface area contributed by atoms with Crippen LogP contribution in [0.1, 0.15) is 19.4 Å². The van der Waals surface area contributed by atoms with Gasteiger partial charge >= 0.3 is 0 Å². The lowest BCUT2D eigenvalue weighted by Gasteiger charge is -2.09. The van der Waals surface area contributed by atoms with E-state index in [1.54, 1.807) is 6.08 Å². The normalized spacial score (nSPS) is 11.2. The molecule has 3 heteroatoms. The van der Waals surface area contributed by atoms with Gasteiger partial charge in [0, 0.05) is 18.3 Å². The smallest absolute Gasteiger partial charge is 0.248 e. The highest BCUT2D eigenvalue weighted by Crippen LogP contribution is 2.14. The summed E-state index contributed by atoms with van der Waals surface area (Å²) < 4.78 is 0. The number of benzene rings is 1. The van der Waals surface area contributed by atoms with Crippen molar-refractivity contribution < 1.29 is 4.79 Å². The molecule has 96 valence electrons. The number of rotatable bonds is 6. The molecule has 0 saturated carbocycles. The monoisotopic (exact) mass is 244 g/mol. The minimum atomic E-state index is -0.114. The molecule has 18 heavy (non-hydrogen) atoms. The van der Waals surface area contributed by atoms with E-state index in [0.717, 1.165) is 24.3 Å². The van der Waals surface area contributed by atoms with Crippen molar-refractivity contribution in [1.82, 2.24) is 5.32 Å². The van der Waals surface area contributed by atoms with E-state index in [4.69, 9.17) is 0 Å². The van der Waals surface area contributed by atoms with Crippen LogP contribution in [0.4, 0.5) is 5.69 Å². The van der Waals surface area contributed by atoms with Crippen LogP contribution in [0.15, 0.2) is 48.6 Å². The van der Waals surface area contributed by atoms with E-state index in [-0.39, 0.29) is 5.91 Å². The Morgan fingerprint density at radius 3 is 2.78 bits per heavy atom. The van der Waals surface area contributed by atoms with Crippen LogP contribution in [-0.2, 0) is 11.3 Å². The third-order valence-electron chi connectivity index (χ3n) is 2.39. The van der Waals surface area contributed by atoms with Crippen LogP contribution in [0.3, 0.4) is 0 Å². The number of allylic oxidation sites excluding steroid dienone is 3. The van der Waals surface area contributed by atoms with Gasteiger partial charge in [-0.3, -0.25) is 4.79 Å². The van der Waals surface area contributed by atoms with Crippen molar-refractivity contribution in [3.8, 4) is 0 Å². The highest BCUT2D eigenvalue weighted by Gasteiger charge is 2.03. The maximum atomic E-state index is 11.7. The Morgan fingerprint density at radius 1 is 1.28 bits per heavy atom. The van der Waals surface area contributed by atoms with Crippen molar-refractivity contribution in [3.05, 3.63) is 54.1 Å². The minimum absolute atomic E-state index is 0.114. The van der Waals surface area contributed by atoms with Gasteiger partial charge in [-0.1, -0.05) is 43.4 Å². The van der Waals surface area contributed by atoms with Crippen LogP contribution >= 0.6 is 0 Å². The van der Waals surface area contributed by atoms with Gasteiger partial charge in [0.2, 0.25) is 5.91 Å². The van der Waals surface area contributed by atoms with Gasteiger partial charge in [0.15, 0.2) is 0 Å². The summed E-state index contributed by atoms with van der Waals surface area (Å²) in [5.74, 6) is -0.114. The second-order valence-electron chi connectivity index (χ2n) is 3.81.